The normalized spacial score (nSPS) is 12.8. The first-order valence-corrected chi connectivity index (χ1v) is 5.39. The molecule has 0 unspecified atom stereocenters. The van der Waals surface area contributed by atoms with Crippen LogP contribution >= 0.6 is 0 Å². The molecule has 0 aromatic rings. The van der Waals surface area contributed by atoms with Gasteiger partial charge in [0.15, 0.2) is 0 Å². The minimum atomic E-state index is -2.41. The summed E-state index contributed by atoms with van der Waals surface area (Å²) in [4.78, 5) is 10.5. The second-order valence-electron chi connectivity index (χ2n) is 2.69. The lowest BCUT2D eigenvalue weighted by Crippen LogP contribution is -2.02. The van der Waals surface area contributed by atoms with Crippen LogP contribution in [0.1, 0.15) is 26.7 Å². The maximum absolute atomic E-state index is 10.5. The quantitative estimate of drug-likeness (QED) is 0.515. The third-order valence-corrected chi connectivity index (χ3v) is 2.46. The van der Waals surface area contributed by atoms with Crippen LogP contribution in [0.15, 0.2) is 11.1 Å². The summed E-state index contributed by atoms with van der Waals surface area (Å²) in [7, 11) is -2.41. The first-order valence-electron chi connectivity index (χ1n) is 4.02. The highest BCUT2D eigenvalue weighted by atomic mass is 32.2. The monoisotopic (exact) mass is 206 g/mol. The summed E-state index contributed by atoms with van der Waals surface area (Å²) in [5, 5.41) is 8.64. The molecule has 1 N–H and O–H groups in total. The zero-order valence-electron chi connectivity index (χ0n) is 7.74. The molecule has 0 fully saturated rings. The van der Waals surface area contributed by atoms with Crippen LogP contribution in [0.3, 0.4) is 0 Å². The van der Waals surface area contributed by atoms with E-state index in [0.717, 1.165) is 0 Å². The van der Waals surface area contributed by atoms with E-state index < -0.39 is 16.7 Å². The highest BCUT2D eigenvalue weighted by Crippen LogP contribution is 2.12. The molecule has 0 aromatic carbocycles. The lowest BCUT2D eigenvalue weighted by molar-refractivity contribution is -0.132. The van der Waals surface area contributed by atoms with Gasteiger partial charge in [-0.25, -0.2) is 13.2 Å². The van der Waals surface area contributed by atoms with Gasteiger partial charge in [0.2, 0.25) is 0 Å². The fourth-order valence-electron chi connectivity index (χ4n) is 1.01. The van der Waals surface area contributed by atoms with E-state index in [1.165, 1.54) is 6.92 Å². The summed E-state index contributed by atoms with van der Waals surface area (Å²) >= 11 is 0. The number of hydrogen-bond donors (Lipinski definition) is 2. The number of thiol groups is 1. The largest absolute Gasteiger partial charge is 0.478 e. The van der Waals surface area contributed by atoms with E-state index in [2.05, 4.69) is 0 Å². The van der Waals surface area contributed by atoms with Gasteiger partial charge in [-0.1, -0.05) is 12.5 Å². The van der Waals surface area contributed by atoms with Crippen molar-refractivity contribution in [1.29, 1.82) is 0 Å². The minimum absolute atomic E-state index is 0.0309. The Balaban J connectivity index is 4.49. The zero-order chi connectivity index (χ0) is 10.4. The van der Waals surface area contributed by atoms with Crippen molar-refractivity contribution in [3.63, 3.8) is 0 Å². The van der Waals surface area contributed by atoms with Crippen molar-refractivity contribution in [2.24, 2.45) is 0 Å². The second-order valence-corrected chi connectivity index (χ2v) is 3.81. The van der Waals surface area contributed by atoms with Crippen LogP contribution in [0.2, 0.25) is 0 Å². The van der Waals surface area contributed by atoms with Crippen molar-refractivity contribution in [1.82, 2.24) is 0 Å². The molecule has 0 bridgehead atoms. The molecular formula is C8H14O4S. The Morgan fingerprint density at radius 3 is 2.23 bits per heavy atom. The molecule has 0 spiro atoms. The first kappa shape index (κ1) is 12.2. The molecule has 13 heavy (non-hydrogen) atoms. The van der Waals surface area contributed by atoms with Crippen molar-refractivity contribution in [2.45, 2.75) is 26.7 Å². The number of carbonyl (C=O) groups is 1. The second kappa shape index (κ2) is 5.75. The van der Waals surface area contributed by atoms with Crippen LogP contribution in [-0.2, 0) is 15.5 Å². The van der Waals surface area contributed by atoms with Gasteiger partial charge < -0.3 is 5.11 Å². The third kappa shape index (κ3) is 4.67. The van der Waals surface area contributed by atoms with Crippen molar-refractivity contribution in [3.05, 3.63) is 11.1 Å². The highest BCUT2D eigenvalue weighted by Gasteiger charge is 2.07. The molecule has 0 aliphatic carbocycles. The number of carboxylic acids is 1. The number of allylic oxidation sites excluding steroid dienone is 1. The van der Waals surface area contributed by atoms with Crippen LogP contribution in [-0.4, -0.2) is 25.2 Å². The van der Waals surface area contributed by atoms with Gasteiger partial charge in [0, 0.05) is 5.57 Å². The maximum Gasteiger partial charge on any atom is 0.331 e. The van der Waals surface area contributed by atoms with Gasteiger partial charge in [-0.15, -0.1) is 0 Å². The summed E-state index contributed by atoms with van der Waals surface area (Å²) in [6.45, 7) is 3.32. The summed E-state index contributed by atoms with van der Waals surface area (Å²) in [5.74, 6) is -0.943. The van der Waals surface area contributed by atoms with Crippen molar-refractivity contribution < 1.29 is 18.3 Å². The highest BCUT2D eigenvalue weighted by molar-refractivity contribution is 7.72. The smallest absolute Gasteiger partial charge is 0.331 e. The molecule has 0 radical (unpaired) electrons. The van der Waals surface area contributed by atoms with E-state index in [1.807, 2.05) is 6.92 Å². The Bertz CT molecular complexity index is 281. The standard InChI is InChI=1S/C8H14O4S/c1-3-7(4-5-13(11)12)6(2)8(9)10/h13H,3-5H2,1-2H3,(H,9,10). The zero-order valence-corrected chi connectivity index (χ0v) is 8.63. The molecule has 0 saturated carbocycles. The molecule has 0 rings (SSSR count). The maximum atomic E-state index is 10.5. The number of rotatable bonds is 5. The third-order valence-electron chi connectivity index (χ3n) is 1.87. The molecule has 76 valence electrons. The summed E-state index contributed by atoms with van der Waals surface area (Å²) in [6.07, 6.45) is 0.911. The number of hydrogen-bond acceptors (Lipinski definition) is 3. The van der Waals surface area contributed by atoms with E-state index in [-0.39, 0.29) is 11.3 Å². The molecule has 0 amide bonds. The minimum Gasteiger partial charge on any atom is -0.478 e. The van der Waals surface area contributed by atoms with Gasteiger partial charge in [-0.3, -0.25) is 0 Å². The van der Waals surface area contributed by atoms with E-state index in [9.17, 15) is 13.2 Å². The Morgan fingerprint density at radius 2 is 1.92 bits per heavy atom. The molecule has 0 aliphatic rings. The van der Waals surface area contributed by atoms with Gasteiger partial charge in [0.25, 0.3) is 0 Å². The van der Waals surface area contributed by atoms with Crippen LogP contribution in [0.4, 0.5) is 0 Å². The molecule has 0 aliphatic heterocycles. The van der Waals surface area contributed by atoms with Crippen LogP contribution in [0.25, 0.3) is 0 Å². The summed E-state index contributed by atoms with van der Waals surface area (Å²) in [5.41, 5.74) is 0.964. The fourth-order valence-corrected chi connectivity index (χ4v) is 1.46. The van der Waals surface area contributed by atoms with Gasteiger partial charge in [0.1, 0.15) is 10.7 Å². The van der Waals surface area contributed by atoms with Crippen LogP contribution in [0, 0.1) is 0 Å². The number of aliphatic carboxylic acids is 1. The average Bonchev–Trinajstić information content (AvgIpc) is 2.04. The van der Waals surface area contributed by atoms with Crippen LogP contribution in [0.5, 0.6) is 0 Å². The Kier molecular flexibility index (Phi) is 5.37. The molecule has 0 aromatic heterocycles. The molecule has 5 heteroatoms. The predicted octanol–water partition coefficient (Wildman–Crippen LogP) is 0.799. The molecule has 0 saturated heterocycles. The molecular weight excluding hydrogens is 192 g/mol. The molecule has 0 heterocycles. The van der Waals surface area contributed by atoms with Crippen molar-refractivity contribution in [2.75, 3.05) is 5.75 Å². The average molecular weight is 206 g/mol. The Labute approximate surface area is 79.2 Å². The summed E-state index contributed by atoms with van der Waals surface area (Å²) < 4.78 is 20.6. The van der Waals surface area contributed by atoms with Gasteiger partial charge in [0.05, 0.1) is 5.75 Å². The van der Waals surface area contributed by atoms with E-state index >= 15 is 0 Å². The molecule has 4 nitrogen and oxygen atoms in total. The Hall–Kier alpha value is -0.840. The number of carboxylic acid groups (broad SMARTS) is 1. The van der Waals surface area contributed by atoms with Gasteiger partial charge >= 0.3 is 5.97 Å². The van der Waals surface area contributed by atoms with Crippen molar-refractivity contribution in [3.8, 4) is 0 Å². The van der Waals surface area contributed by atoms with Crippen LogP contribution < -0.4 is 0 Å². The SMILES string of the molecule is CCC(CC[SH](=O)=O)=C(C)C(=O)O. The molecule has 0 atom stereocenters. The predicted molar refractivity (Wildman–Crippen MR) is 50.4 cm³/mol. The lowest BCUT2D eigenvalue weighted by Gasteiger charge is -2.04. The first-order chi connectivity index (χ1) is 5.99. The van der Waals surface area contributed by atoms with E-state index in [4.69, 9.17) is 5.11 Å². The van der Waals surface area contributed by atoms with Gasteiger partial charge in [-0.05, 0) is 19.8 Å². The van der Waals surface area contributed by atoms with E-state index in [0.29, 0.717) is 18.4 Å². The van der Waals surface area contributed by atoms with Crippen molar-refractivity contribution >= 4 is 16.7 Å². The topological polar surface area (TPSA) is 71.4 Å². The van der Waals surface area contributed by atoms with E-state index in [1.54, 1.807) is 0 Å². The Morgan fingerprint density at radius 1 is 1.38 bits per heavy atom. The van der Waals surface area contributed by atoms with Gasteiger partial charge in [-0.2, -0.15) is 0 Å². The summed E-state index contributed by atoms with van der Waals surface area (Å²) in [6, 6.07) is 0. The lowest BCUT2D eigenvalue weighted by atomic mass is 10.1. The fraction of sp³-hybridized carbons (Fsp3) is 0.625.